The van der Waals surface area contributed by atoms with E-state index in [-0.39, 0.29) is 48.9 Å². The average molecular weight is 867 g/mol. The summed E-state index contributed by atoms with van der Waals surface area (Å²) in [4.78, 5) is 29.2. The van der Waals surface area contributed by atoms with Crippen LogP contribution in [0.15, 0.2) is 72.8 Å². The minimum absolute atomic E-state index is 0.0418. The highest BCUT2D eigenvalue weighted by molar-refractivity contribution is 5.88. The lowest BCUT2D eigenvalue weighted by Crippen LogP contribution is -2.37. The molecule has 1 unspecified atom stereocenters. The molecule has 0 radical (unpaired) electrons. The van der Waals surface area contributed by atoms with Crippen LogP contribution in [-0.4, -0.2) is 55.3 Å². The van der Waals surface area contributed by atoms with Crippen molar-refractivity contribution in [2.75, 3.05) is 6.61 Å². The predicted octanol–water partition coefficient (Wildman–Crippen LogP) is 11.1. The van der Waals surface area contributed by atoms with E-state index in [0.29, 0.717) is 70.2 Å². The van der Waals surface area contributed by atoms with Crippen LogP contribution >= 0.6 is 0 Å². The van der Waals surface area contributed by atoms with Crippen LogP contribution in [0.3, 0.4) is 0 Å². The van der Waals surface area contributed by atoms with Crippen molar-refractivity contribution in [1.82, 2.24) is 0 Å². The molecule has 0 heterocycles. The Kier molecular flexibility index (Phi) is 15.4. The third kappa shape index (κ3) is 12.0. The Morgan fingerprint density at radius 1 is 0.492 bits per heavy atom. The van der Waals surface area contributed by atoms with E-state index in [0.717, 1.165) is 0 Å². The molecule has 4 aromatic rings. The molecule has 6 N–H and O–H groups in total. The smallest absolute Gasteiger partial charge is 0.314 e. The zero-order chi connectivity index (χ0) is 47.5. The quantitative estimate of drug-likeness (QED) is 0.0387. The Hall–Kier alpha value is -4.86. The van der Waals surface area contributed by atoms with Crippen molar-refractivity contribution >= 4 is 11.9 Å². The molecule has 0 saturated carbocycles. The van der Waals surface area contributed by atoms with Crippen molar-refractivity contribution in [3.8, 4) is 23.0 Å². The van der Waals surface area contributed by atoms with E-state index >= 15 is 0 Å². The molecule has 1 atom stereocenters. The van der Waals surface area contributed by atoms with Gasteiger partial charge in [0.25, 0.3) is 0 Å². The zero-order valence-corrected chi connectivity index (χ0v) is 40.1. The fourth-order valence-electron chi connectivity index (χ4n) is 8.79. The number of carbonyl (C=O) groups is 2. The summed E-state index contributed by atoms with van der Waals surface area (Å²) in [5.74, 6) is -1.23. The number of hydrogen-bond donors (Lipinski definition) is 6. The second-order valence-corrected chi connectivity index (χ2v) is 22.0. The second-order valence-electron chi connectivity index (χ2n) is 22.0. The molecule has 344 valence electrons. The normalized spacial score (nSPS) is 13.5. The van der Waals surface area contributed by atoms with E-state index in [4.69, 9.17) is 4.74 Å². The van der Waals surface area contributed by atoms with E-state index in [9.17, 15) is 40.2 Å². The molecular weight excluding hydrogens is 793 g/mol. The van der Waals surface area contributed by atoms with Gasteiger partial charge in [-0.1, -0.05) is 151 Å². The maximum Gasteiger partial charge on any atom is 0.314 e. The fraction of sp³-hybridized carbons (Fsp3) is 0.519. The third-order valence-electron chi connectivity index (χ3n) is 12.5. The lowest BCUT2D eigenvalue weighted by Gasteiger charge is -2.38. The van der Waals surface area contributed by atoms with Crippen LogP contribution < -0.4 is 0 Å². The van der Waals surface area contributed by atoms with Crippen molar-refractivity contribution in [2.24, 2.45) is 0 Å². The van der Waals surface area contributed by atoms with Gasteiger partial charge in [-0.2, -0.15) is 0 Å². The van der Waals surface area contributed by atoms with Gasteiger partial charge in [-0.15, -0.1) is 0 Å². The molecular formula is C54H74O9. The van der Waals surface area contributed by atoms with Crippen molar-refractivity contribution in [3.63, 3.8) is 0 Å². The summed E-state index contributed by atoms with van der Waals surface area (Å²) in [5.41, 5.74) is 0.944. The fourth-order valence-corrected chi connectivity index (χ4v) is 8.79. The number of aliphatic hydroxyl groups excluding tert-OH is 2. The Bertz CT molecular complexity index is 2110. The molecule has 9 heteroatoms. The molecule has 0 amide bonds. The van der Waals surface area contributed by atoms with Crippen LogP contribution in [0.25, 0.3) is 0 Å². The second kappa shape index (κ2) is 19.1. The van der Waals surface area contributed by atoms with Gasteiger partial charge < -0.3 is 35.4 Å². The molecule has 0 bridgehead atoms. The first-order chi connectivity index (χ1) is 28.9. The van der Waals surface area contributed by atoms with Crippen LogP contribution in [0, 0.1) is 0 Å². The highest BCUT2D eigenvalue weighted by Gasteiger charge is 2.43. The summed E-state index contributed by atoms with van der Waals surface area (Å²) in [5, 5.41) is 65.4. The minimum Gasteiger partial charge on any atom is -0.508 e. The maximum absolute atomic E-state index is 14.7. The van der Waals surface area contributed by atoms with Crippen LogP contribution in [0.1, 0.15) is 179 Å². The van der Waals surface area contributed by atoms with Gasteiger partial charge in [-0.3, -0.25) is 9.59 Å². The largest absolute Gasteiger partial charge is 0.508 e. The SMILES string of the molecule is CC(C)(C)c1cc(C(C)(CC(=O)OC(=O)CC(CC(O)CCCCCO)(c2ccc(O)c(C(C)(C)C)c2)c2ccc(O)c(C(C)(C)C)c2)c2ccc(O)c(C(C)(C)C)c2)ccc1O. The Morgan fingerprint density at radius 3 is 1.17 bits per heavy atom. The molecule has 4 aromatic carbocycles. The molecule has 0 aliphatic carbocycles. The third-order valence-corrected chi connectivity index (χ3v) is 12.5. The number of hydrogen-bond acceptors (Lipinski definition) is 9. The van der Waals surface area contributed by atoms with Gasteiger partial charge in [-0.05, 0) is 110 Å². The number of aliphatic hydroxyl groups is 2. The number of phenols is 4. The molecule has 0 spiro atoms. The zero-order valence-electron chi connectivity index (χ0n) is 40.1. The van der Waals surface area contributed by atoms with Crippen LogP contribution in [-0.2, 0) is 46.8 Å². The maximum atomic E-state index is 14.7. The lowest BCUT2D eigenvalue weighted by molar-refractivity contribution is -0.161. The monoisotopic (exact) mass is 867 g/mol. The number of rotatable bonds is 15. The van der Waals surface area contributed by atoms with Crippen molar-refractivity contribution in [3.05, 3.63) is 117 Å². The number of phenolic OH excluding ortho intramolecular Hbond substituents is 4. The van der Waals surface area contributed by atoms with E-state index in [1.165, 1.54) is 0 Å². The highest BCUT2D eigenvalue weighted by atomic mass is 16.6. The van der Waals surface area contributed by atoms with Gasteiger partial charge in [0.2, 0.25) is 0 Å². The molecule has 0 fully saturated rings. The summed E-state index contributed by atoms with van der Waals surface area (Å²) in [6, 6.07) is 20.9. The summed E-state index contributed by atoms with van der Waals surface area (Å²) < 4.78 is 5.88. The van der Waals surface area contributed by atoms with Gasteiger partial charge in [0.1, 0.15) is 23.0 Å². The molecule has 0 aromatic heterocycles. The number of esters is 2. The van der Waals surface area contributed by atoms with Crippen molar-refractivity contribution in [2.45, 2.75) is 174 Å². The summed E-state index contributed by atoms with van der Waals surface area (Å²) in [7, 11) is 0. The van der Waals surface area contributed by atoms with E-state index in [1.54, 1.807) is 48.5 Å². The van der Waals surface area contributed by atoms with Crippen LogP contribution in [0.5, 0.6) is 23.0 Å². The van der Waals surface area contributed by atoms with Crippen LogP contribution in [0.4, 0.5) is 0 Å². The molecule has 4 rings (SSSR count). The Morgan fingerprint density at radius 2 is 0.825 bits per heavy atom. The Labute approximate surface area is 376 Å². The summed E-state index contributed by atoms with van der Waals surface area (Å²) in [6.45, 7) is 25.7. The first kappa shape index (κ1) is 50.8. The van der Waals surface area contributed by atoms with E-state index in [1.807, 2.05) is 114 Å². The first-order valence-electron chi connectivity index (χ1n) is 22.3. The van der Waals surface area contributed by atoms with E-state index in [2.05, 4.69) is 0 Å². The van der Waals surface area contributed by atoms with Gasteiger partial charge in [0.15, 0.2) is 0 Å². The number of unbranched alkanes of at least 4 members (excludes halogenated alkanes) is 2. The van der Waals surface area contributed by atoms with Crippen molar-refractivity contribution < 1.29 is 45.0 Å². The van der Waals surface area contributed by atoms with E-state index < -0.39 is 50.5 Å². The molecule has 0 saturated heterocycles. The molecule has 0 aliphatic rings. The number of ether oxygens (including phenoxy) is 1. The van der Waals surface area contributed by atoms with Crippen LogP contribution in [0.2, 0.25) is 0 Å². The molecule has 9 nitrogen and oxygen atoms in total. The average Bonchev–Trinajstić information content (AvgIpc) is 3.14. The lowest BCUT2D eigenvalue weighted by atomic mass is 9.66. The molecule has 63 heavy (non-hydrogen) atoms. The number of carbonyl (C=O) groups excluding carboxylic acids is 2. The summed E-state index contributed by atoms with van der Waals surface area (Å²) >= 11 is 0. The number of aromatic hydroxyl groups is 4. The number of benzene rings is 4. The topological polar surface area (TPSA) is 165 Å². The highest BCUT2D eigenvalue weighted by Crippen LogP contribution is 2.47. The molecule has 0 aliphatic heterocycles. The van der Waals surface area contributed by atoms with Gasteiger partial charge in [0, 0.05) is 17.4 Å². The van der Waals surface area contributed by atoms with Gasteiger partial charge >= 0.3 is 11.9 Å². The minimum atomic E-state index is -1.31. The van der Waals surface area contributed by atoms with Crippen molar-refractivity contribution in [1.29, 1.82) is 0 Å². The first-order valence-corrected chi connectivity index (χ1v) is 22.3. The van der Waals surface area contributed by atoms with Gasteiger partial charge in [-0.25, -0.2) is 0 Å². The standard InChI is InChI=1S/C54H74O9/c1-49(2,3)39-27-34(18-22-43(39)57)53(13,35-19-23-44(58)40(28-35)50(4,5)6)32-47(61)63-48(62)33-54(31-38(56)17-15-14-16-26-55,36-20-24-45(59)41(29-36)51(7,8)9)37-21-25-46(60)42(30-37)52(10,11)12/h18-25,27-30,38,55-60H,14-17,26,31-33H2,1-13H3. The predicted molar refractivity (Wildman–Crippen MR) is 251 cm³/mol. The Balaban J connectivity index is 1.91. The van der Waals surface area contributed by atoms with Gasteiger partial charge in [0.05, 0.1) is 18.9 Å². The summed E-state index contributed by atoms with van der Waals surface area (Å²) in [6.07, 6.45) is 0.786.